The number of H-pyrrole nitrogens is 1. The van der Waals surface area contributed by atoms with Crippen LogP contribution in [-0.2, 0) is 11.2 Å². The summed E-state index contributed by atoms with van der Waals surface area (Å²) in [6.07, 6.45) is 2.91. The fraction of sp³-hybridized carbons (Fsp3) is 0.400. The summed E-state index contributed by atoms with van der Waals surface area (Å²) in [6.45, 7) is 0.597. The van der Waals surface area contributed by atoms with Crippen LogP contribution < -0.4 is 0 Å². The van der Waals surface area contributed by atoms with Crippen LogP contribution in [0.15, 0.2) is 12.1 Å². The minimum Gasteiger partial charge on any atom is -0.356 e. The van der Waals surface area contributed by atoms with E-state index in [1.165, 1.54) is 0 Å². The quantitative estimate of drug-likeness (QED) is 0.788. The number of hydrogen-bond acceptors (Lipinski definition) is 1. The first-order valence-corrected chi connectivity index (χ1v) is 6.94. The van der Waals surface area contributed by atoms with Gasteiger partial charge in [0.2, 0.25) is 5.91 Å². The molecule has 1 unspecified atom stereocenters. The Labute approximate surface area is 114 Å². The van der Waals surface area contributed by atoms with Crippen molar-refractivity contribution in [1.82, 2.24) is 9.88 Å². The Morgan fingerprint density at radius 3 is 2.95 bits per heavy atom. The second kappa shape index (κ2) is 4.04. The molecule has 5 heteroatoms. The van der Waals surface area contributed by atoms with Gasteiger partial charge in [-0.15, -0.1) is 0 Å². The van der Waals surface area contributed by atoms with Crippen LogP contribution in [0.25, 0.3) is 10.9 Å². The van der Waals surface area contributed by atoms with Gasteiger partial charge in [-0.25, -0.2) is 8.78 Å². The van der Waals surface area contributed by atoms with Gasteiger partial charge in [0.05, 0.1) is 6.04 Å². The van der Waals surface area contributed by atoms with Crippen molar-refractivity contribution in [2.75, 3.05) is 6.54 Å². The van der Waals surface area contributed by atoms with Crippen molar-refractivity contribution >= 4 is 16.8 Å². The fourth-order valence-electron chi connectivity index (χ4n) is 3.58. The number of amides is 1. The lowest BCUT2D eigenvalue weighted by molar-refractivity contribution is -0.137. The monoisotopic (exact) mass is 276 g/mol. The molecule has 0 spiro atoms. The van der Waals surface area contributed by atoms with Crippen LogP contribution in [0.2, 0.25) is 0 Å². The maximum absolute atomic E-state index is 14.0. The molecule has 2 aliphatic rings. The number of nitrogens with zero attached hydrogens (tertiary/aromatic N) is 1. The number of rotatable bonds is 0. The highest BCUT2D eigenvalue weighted by atomic mass is 19.2. The number of carbonyl (C=O) groups excluding carboxylic acids is 1. The second-order valence-corrected chi connectivity index (χ2v) is 5.55. The van der Waals surface area contributed by atoms with E-state index in [0.717, 1.165) is 30.2 Å². The highest BCUT2D eigenvalue weighted by Gasteiger charge is 2.36. The van der Waals surface area contributed by atoms with Gasteiger partial charge in [0.1, 0.15) is 0 Å². The van der Waals surface area contributed by atoms with Crippen molar-refractivity contribution < 1.29 is 13.6 Å². The standard InChI is InChI=1S/C15H14F2N2O/c16-9-4-5-10-13(14(9)17)8-6-7-19-11(15(8)18-10)2-1-3-12(19)20/h4-5,11,18H,1-3,6-7H2. The molecule has 0 saturated carbocycles. The lowest BCUT2D eigenvalue weighted by atomic mass is 9.90. The van der Waals surface area contributed by atoms with Crippen LogP contribution in [0.3, 0.4) is 0 Å². The van der Waals surface area contributed by atoms with E-state index in [0.29, 0.717) is 30.3 Å². The van der Waals surface area contributed by atoms with Gasteiger partial charge in [0.25, 0.3) is 0 Å². The molecule has 4 rings (SSSR count). The number of aromatic amines is 1. The molecule has 2 aromatic rings. The Morgan fingerprint density at radius 2 is 2.10 bits per heavy atom. The first-order chi connectivity index (χ1) is 9.66. The van der Waals surface area contributed by atoms with E-state index in [1.807, 2.05) is 4.90 Å². The van der Waals surface area contributed by atoms with Crippen molar-refractivity contribution in [2.24, 2.45) is 0 Å². The van der Waals surface area contributed by atoms with Gasteiger partial charge in [0.15, 0.2) is 11.6 Å². The predicted molar refractivity (Wildman–Crippen MR) is 70.2 cm³/mol. The summed E-state index contributed by atoms with van der Waals surface area (Å²) in [5.74, 6) is -1.44. The number of benzene rings is 1. The molecule has 1 atom stereocenters. The SMILES string of the molecule is O=C1CCCC2c3[nH]c4ccc(F)c(F)c4c3CCN12. The Balaban J connectivity index is 1.93. The zero-order valence-corrected chi connectivity index (χ0v) is 10.9. The van der Waals surface area contributed by atoms with Gasteiger partial charge in [-0.1, -0.05) is 0 Å². The van der Waals surface area contributed by atoms with Gasteiger partial charge in [-0.3, -0.25) is 4.79 Å². The fourth-order valence-corrected chi connectivity index (χ4v) is 3.58. The van der Waals surface area contributed by atoms with E-state index in [4.69, 9.17) is 0 Å². The van der Waals surface area contributed by atoms with Crippen LogP contribution in [0, 0.1) is 11.6 Å². The van der Waals surface area contributed by atoms with E-state index in [9.17, 15) is 13.6 Å². The summed E-state index contributed by atoms with van der Waals surface area (Å²) in [6, 6.07) is 2.71. The van der Waals surface area contributed by atoms with Crippen LogP contribution in [0.1, 0.15) is 36.6 Å². The molecule has 2 aliphatic heterocycles. The molecule has 3 nitrogen and oxygen atoms in total. The number of piperidine rings is 1. The largest absolute Gasteiger partial charge is 0.356 e. The lowest BCUT2D eigenvalue weighted by Gasteiger charge is -2.39. The number of halogens is 2. The molecule has 1 aromatic carbocycles. The minimum atomic E-state index is -0.818. The van der Waals surface area contributed by atoms with Gasteiger partial charge in [-0.05, 0) is 37.0 Å². The molecule has 0 radical (unpaired) electrons. The summed E-state index contributed by atoms with van der Waals surface area (Å²) >= 11 is 0. The third-order valence-corrected chi connectivity index (χ3v) is 4.49. The average molecular weight is 276 g/mol. The molecule has 1 amide bonds. The van der Waals surface area contributed by atoms with Crippen molar-refractivity contribution in [3.8, 4) is 0 Å². The minimum absolute atomic E-state index is 0.00476. The normalized spacial score (nSPS) is 22.0. The zero-order valence-electron chi connectivity index (χ0n) is 10.9. The molecule has 0 aliphatic carbocycles. The third-order valence-electron chi connectivity index (χ3n) is 4.49. The van der Waals surface area contributed by atoms with Crippen molar-refractivity contribution in [3.63, 3.8) is 0 Å². The molecule has 1 fully saturated rings. The van der Waals surface area contributed by atoms with Crippen LogP contribution in [0.5, 0.6) is 0 Å². The molecule has 1 N–H and O–H groups in total. The number of nitrogens with one attached hydrogen (secondary N) is 1. The molecule has 1 saturated heterocycles. The molecular weight excluding hydrogens is 262 g/mol. The molecule has 0 bridgehead atoms. The Hall–Kier alpha value is -1.91. The van der Waals surface area contributed by atoms with Crippen molar-refractivity contribution in [1.29, 1.82) is 0 Å². The first-order valence-electron chi connectivity index (χ1n) is 6.94. The highest BCUT2D eigenvalue weighted by molar-refractivity contribution is 5.87. The van der Waals surface area contributed by atoms with Gasteiger partial charge in [-0.2, -0.15) is 0 Å². The molecular formula is C15H14F2N2O. The number of hydrogen-bond donors (Lipinski definition) is 1. The molecule has 1 aromatic heterocycles. The van der Waals surface area contributed by atoms with Gasteiger partial charge >= 0.3 is 0 Å². The maximum Gasteiger partial charge on any atom is 0.223 e. The summed E-state index contributed by atoms with van der Waals surface area (Å²) in [5, 5.41) is 0.359. The maximum atomic E-state index is 14.0. The van der Waals surface area contributed by atoms with Gasteiger partial charge < -0.3 is 9.88 Å². The smallest absolute Gasteiger partial charge is 0.223 e. The van der Waals surface area contributed by atoms with E-state index in [2.05, 4.69) is 4.98 Å². The Kier molecular flexibility index (Phi) is 2.40. The number of fused-ring (bicyclic) bond motifs is 5. The number of aromatic nitrogens is 1. The van der Waals surface area contributed by atoms with Crippen molar-refractivity contribution in [3.05, 3.63) is 35.0 Å². The average Bonchev–Trinajstić information content (AvgIpc) is 2.83. The third kappa shape index (κ3) is 1.46. The zero-order chi connectivity index (χ0) is 13.9. The Morgan fingerprint density at radius 1 is 1.25 bits per heavy atom. The second-order valence-electron chi connectivity index (χ2n) is 5.55. The van der Waals surface area contributed by atoms with E-state index < -0.39 is 11.6 Å². The van der Waals surface area contributed by atoms with E-state index in [-0.39, 0.29) is 11.9 Å². The molecule has 20 heavy (non-hydrogen) atoms. The lowest BCUT2D eigenvalue weighted by Crippen LogP contribution is -2.42. The number of carbonyl (C=O) groups is 1. The highest BCUT2D eigenvalue weighted by Crippen LogP contribution is 2.40. The summed E-state index contributed by atoms with van der Waals surface area (Å²) in [4.78, 5) is 17.0. The molecule has 104 valence electrons. The first kappa shape index (κ1) is 11.9. The summed E-state index contributed by atoms with van der Waals surface area (Å²) in [5.41, 5.74) is 2.35. The predicted octanol–water partition coefficient (Wildman–Crippen LogP) is 3.06. The van der Waals surface area contributed by atoms with Crippen LogP contribution >= 0.6 is 0 Å². The summed E-state index contributed by atoms with van der Waals surface area (Å²) < 4.78 is 27.5. The topological polar surface area (TPSA) is 36.1 Å². The Bertz CT molecular complexity index is 722. The molecule has 3 heterocycles. The van der Waals surface area contributed by atoms with Gasteiger partial charge in [0, 0.05) is 29.6 Å². The van der Waals surface area contributed by atoms with Crippen molar-refractivity contribution in [2.45, 2.75) is 31.7 Å². The van der Waals surface area contributed by atoms with Crippen LogP contribution in [0.4, 0.5) is 8.78 Å². The van der Waals surface area contributed by atoms with E-state index in [1.54, 1.807) is 6.07 Å². The summed E-state index contributed by atoms with van der Waals surface area (Å²) in [7, 11) is 0. The van der Waals surface area contributed by atoms with E-state index >= 15 is 0 Å². The van der Waals surface area contributed by atoms with Crippen LogP contribution in [-0.4, -0.2) is 22.3 Å².